The van der Waals surface area contributed by atoms with E-state index in [4.69, 9.17) is 0 Å². The second-order valence-electron chi connectivity index (χ2n) is 5.69. The molecule has 1 aliphatic rings. The Bertz CT molecular complexity index is 506. The maximum Gasteiger partial charge on any atom is 0.317 e. The lowest BCUT2D eigenvalue weighted by Gasteiger charge is -2.37. The molecule has 0 aliphatic carbocycles. The molecular weight excluding hydrogens is 270 g/mol. The molecule has 2 amide bonds. The molecule has 1 aromatic rings. The molecule has 2 rings (SSSR count). The Kier molecular flexibility index (Phi) is 4.77. The van der Waals surface area contributed by atoms with Crippen LogP contribution in [-0.4, -0.2) is 46.6 Å². The summed E-state index contributed by atoms with van der Waals surface area (Å²) in [7, 11) is 0. The molecule has 114 valence electrons. The summed E-state index contributed by atoms with van der Waals surface area (Å²) >= 11 is 0. The number of hydrogen-bond acceptors (Lipinski definition) is 3. The van der Waals surface area contributed by atoms with Crippen molar-refractivity contribution < 1.29 is 14.7 Å². The van der Waals surface area contributed by atoms with Gasteiger partial charge in [0.1, 0.15) is 0 Å². The molecule has 21 heavy (non-hydrogen) atoms. The number of carbonyl (C=O) groups excluding carboxylic acids is 1. The van der Waals surface area contributed by atoms with Gasteiger partial charge in [-0.2, -0.15) is 0 Å². The van der Waals surface area contributed by atoms with Crippen molar-refractivity contribution in [1.29, 1.82) is 0 Å². The molecule has 1 atom stereocenters. The average Bonchev–Trinajstić information content (AvgIpc) is 2.48. The Hall–Kier alpha value is -2.11. The van der Waals surface area contributed by atoms with Gasteiger partial charge in [-0.25, -0.2) is 4.79 Å². The minimum absolute atomic E-state index is 0.196. The maximum absolute atomic E-state index is 12.1. The number of aromatic nitrogens is 1. The highest BCUT2D eigenvalue weighted by Crippen LogP contribution is 2.29. The molecule has 1 fully saturated rings. The van der Waals surface area contributed by atoms with Crippen molar-refractivity contribution in [3.63, 3.8) is 0 Å². The minimum atomic E-state index is -0.839. The molecule has 1 unspecified atom stereocenters. The van der Waals surface area contributed by atoms with Gasteiger partial charge in [-0.3, -0.25) is 9.78 Å². The van der Waals surface area contributed by atoms with Crippen LogP contribution >= 0.6 is 0 Å². The van der Waals surface area contributed by atoms with Crippen LogP contribution in [0.15, 0.2) is 24.4 Å². The van der Waals surface area contributed by atoms with Gasteiger partial charge in [0.05, 0.1) is 5.41 Å². The molecule has 1 aromatic heterocycles. The number of rotatable bonds is 4. The minimum Gasteiger partial charge on any atom is -0.481 e. The van der Waals surface area contributed by atoms with Gasteiger partial charge in [-0.1, -0.05) is 6.07 Å². The predicted octanol–water partition coefficient (Wildman–Crippen LogP) is 1.52. The van der Waals surface area contributed by atoms with Crippen molar-refractivity contribution in [2.24, 2.45) is 5.41 Å². The largest absolute Gasteiger partial charge is 0.481 e. The molecular formula is C15H21N3O3. The molecule has 1 saturated heterocycles. The van der Waals surface area contributed by atoms with Crippen LogP contribution in [0.2, 0.25) is 0 Å². The fourth-order valence-electron chi connectivity index (χ4n) is 2.54. The van der Waals surface area contributed by atoms with Crippen LogP contribution in [-0.2, 0) is 11.2 Å². The van der Waals surface area contributed by atoms with Crippen LogP contribution < -0.4 is 5.32 Å². The van der Waals surface area contributed by atoms with Crippen LogP contribution in [0.4, 0.5) is 4.79 Å². The predicted molar refractivity (Wildman–Crippen MR) is 77.9 cm³/mol. The topological polar surface area (TPSA) is 82.5 Å². The summed E-state index contributed by atoms with van der Waals surface area (Å²) in [6, 6.07) is 5.47. The summed E-state index contributed by atoms with van der Waals surface area (Å²) in [6.45, 7) is 3.06. The molecule has 6 heteroatoms. The van der Waals surface area contributed by atoms with Crippen molar-refractivity contribution in [3.05, 3.63) is 30.1 Å². The molecule has 6 nitrogen and oxygen atoms in total. The Morgan fingerprint density at radius 2 is 2.29 bits per heavy atom. The van der Waals surface area contributed by atoms with E-state index in [0.717, 1.165) is 12.1 Å². The second kappa shape index (κ2) is 6.56. The Morgan fingerprint density at radius 1 is 1.48 bits per heavy atom. The lowest BCUT2D eigenvalue weighted by molar-refractivity contribution is -0.150. The van der Waals surface area contributed by atoms with E-state index in [1.165, 1.54) is 0 Å². The summed E-state index contributed by atoms with van der Waals surface area (Å²) in [5.41, 5.74) is 0.0862. The van der Waals surface area contributed by atoms with Crippen LogP contribution in [0, 0.1) is 5.41 Å². The first-order valence-corrected chi connectivity index (χ1v) is 7.17. The number of nitrogens with one attached hydrogen (secondary N) is 1. The zero-order chi connectivity index (χ0) is 15.3. The Morgan fingerprint density at radius 3 is 2.95 bits per heavy atom. The Balaban J connectivity index is 1.82. The zero-order valence-electron chi connectivity index (χ0n) is 12.2. The number of hydrogen-bond donors (Lipinski definition) is 2. The van der Waals surface area contributed by atoms with E-state index in [1.54, 1.807) is 18.0 Å². The van der Waals surface area contributed by atoms with E-state index in [9.17, 15) is 14.7 Å². The van der Waals surface area contributed by atoms with Crippen LogP contribution in [0.1, 0.15) is 25.5 Å². The smallest absolute Gasteiger partial charge is 0.317 e. The molecule has 1 aliphatic heterocycles. The van der Waals surface area contributed by atoms with Crippen molar-refractivity contribution in [2.75, 3.05) is 19.6 Å². The summed E-state index contributed by atoms with van der Waals surface area (Å²) in [5.74, 6) is -0.839. The normalized spacial score (nSPS) is 21.9. The van der Waals surface area contributed by atoms with Crippen LogP contribution in [0.3, 0.4) is 0 Å². The number of amides is 2. The number of carboxylic acid groups (broad SMARTS) is 1. The van der Waals surface area contributed by atoms with E-state index in [-0.39, 0.29) is 12.6 Å². The molecule has 2 heterocycles. The summed E-state index contributed by atoms with van der Waals surface area (Å²) in [4.78, 5) is 29.2. The van der Waals surface area contributed by atoms with E-state index in [1.807, 2.05) is 18.2 Å². The van der Waals surface area contributed by atoms with Gasteiger partial charge in [0, 0.05) is 37.9 Å². The molecule has 0 bridgehead atoms. The van der Waals surface area contributed by atoms with Crippen molar-refractivity contribution in [3.8, 4) is 0 Å². The zero-order valence-corrected chi connectivity index (χ0v) is 12.2. The third-order valence-corrected chi connectivity index (χ3v) is 3.88. The van der Waals surface area contributed by atoms with Gasteiger partial charge in [0.15, 0.2) is 0 Å². The van der Waals surface area contributed by atoms with Crippen molar-refractivity contribution >= 4 is 12.0 Å². The number of piperidine rings is 1. The maximum atomic E-state index is 12.1. The Labute approximate surface area is 124 Å². The molecule has 0 radical (unpaired) electrons. The van der Waals surface area contributed by atoms with E-state index in [0.29, 0.717) is 25.9 Å². The number of urea groups is 1. The summed E-state index contributed by atoms with van der Waals surface area (Å²) < 4.78 is 0. The third-order valence-electron chi connectivity index (χ3n) is 3.88. The van der Waals surface area contributed by atoms with Crippen molar-refractivity contribution in [1.82, 2.24) is 15.2 Å². The van der Waals surface area contributed by atoms with Crippen molar-refractivity contribution in [2.45, 2.75) is 26.2 Å². The quantitative estimate of drug-likeness (QED) is 0.881. The molecule has 0 saturated carbocycles. The lowest BCUT2D eigenvalue weighted by Crippen LogP contribution is -2.51. The molecule has 2 N–H and O–H groups in total. The number of pyridine rings is 1. The number of carboxylic acids is 1. The summed E-state index contributed by atoms with van der Waals surface area (Å²) in [5, 5.41) is 12.1. The summed E-state index contributed by atoms with van der Waals surface area (Å²) in [6.07, 6.45) is 3.72. The standard InChI is InChI=1S/C15H21N3O3/c1-15(13(19)20)7-4-10-18(11-15)14(21)17-9-6-12-5-2-3-8-16-12/h2-3,5,8H,4,6-7,9-11H2,1H3,(H,17,21)(H,19,20). The number of nitrogens with zero attached hydrogens (tertiary/aromatic N) is 2. The van der Waals surface area contributed by atoms with E-state index in [2.05, 4.69) is 10.3 Å². The van der Waals surface area contributed by atoms with Gasteiger partial charge < -0.3 is 15.3 Å². The third kappa shape index (κ3) is 3.93. The van der Waals surface area contributed by atoms with Gasteiger partial charge in [0.25, 0.3) is 0 Å². The van der Waals surface area contributed by atoms with Gasteiger partial charge in [-0.05, 0) is 31.9 Å². The van der Waals surface area contributed by atoms with Crippen LogP contribution in [0.5, 0.6) is 0 Å². The van der Waals surface area contributed by atoms with E-state index >= 15 is 0 Å². The fourth-order valence-corrected chi connectivity index (χ4v) is 2.54. The first-order chi connectivity index (χ1) is 10.0. The van der Waals surface area contributed by atoms with Crippen LogP contribution in [0.25, 0.3) is 0 Å². The number of carbonyl (C=O) groups is 2. The second-order valence-corrected chi connectivity index (χ2v) is 5.69. The van der Waals surface area contributed by atoms with E-state index < -0.39 is 11.4 Å². The SMILES string of the molecule is CC1(C(=O)O)CCCN(C(=O)NCCc2ccccn2)C1. The molecule has 0 aromatic carbocycles. The fraction of sp³-hybridized carbons (Fsp3) is 0.533. The first kappa shape index (κ1) is 15.3. The highest BCUT2D eigenvalue weighted by molar-refractivity contribution is 5.78. The molecule has 0 spiro atoms. The average molecular weight is 291 g/mol. The number of aliphatic carboxylic acids is 1. The monoisotopic (exact) mass is 291 g/mol. The first-order valence-electron chi connectivity index (χ1n) is 7.17. The van der Waals surface area contributed by atoms with Gasteiger partial charge in [0.2, 0.25) is 0 Å². The lowest BCUT2D eigenvalue weighted by atomic mass is 9.82. The number of likely N-dealkylation sites (tertiary alicyclic amines) is 1. The van der Waals surface area contributed by atoms with Gasteiger partial charge in [-0.15, -0.1) is 0 Å². The highest BCUT2D eigenvalue weighted by Gasteiger charge is 2.39. The van der Waals surface area contributed by atoms with Gasteiger partial charge >= 0.3 is 12.0 Å². The highest BCUT2D eigenvalue weighted by atomic mass is 16.4.